The molecule has 0 bridgehead atoms. The highest BCUT2D eigenvalue weighted by Gasteiger charge is 2.38. The van der Waals surface area contributed by atoms with E-state index in [0.717, 1.165) is 78.0 Å². The summed E-state index contributed by atoms with van der Waals surface area (Å²) in [5.41, 5.74) is 35.4. The van der Waals surface area contributed by atoms with E-state index < -0.39 is 0 Å². The predicted octanol–water partition coefficient (Wildman–Crippen LogP) is 26.1. The van der Waals surface area contributed by atoms with E-state index in [-0.39, 0.29) is 16.2 Å². The van der Waals surface area contributed by atoms with Gasteiger partial charge in [-0.2, -0.15) is 0 Å². The van der Waals surface area contributed by atoms with Crippen molar-refractivity contribution in [2.75, 3.05) is 0 Å². The van der Waals surface area contributed by atoms with Crippen LogP contribution in [0.3, 0.4) is 0 Å². The van der Waals surface area contributed by atoms with Crippen LogP contribution in [0.25, 0.3) is 183 Å². The van der Waals surface area contributed by atoms with Crippen LogP contribution in [0.2, 0.25) is 0 Å². The van der Waals surface area contributed by atoms with Crippen molar-refractivity contribution >= 4 is 65.4 Å². The summed E-state index contributed by atoms with van der Waals surface area (Å²) in [5.74, 6) is 1.72. The average Bonchev–Trinajstić information content (AvgIpc) is 1.59. The van der Waals surface area contributed by atoms with E-state index in [1.54, 1.807) is 0 Å². The molecule has 6 heteroatoms. The Balaban J connectivity index is 0.687. The first-order valence-electron chi connectivity index (χ1n) is 37.7. The van der Waals surface area contributed by atoms with Gasteiger partial charge >= 0.3 is 0 Å². The molecule has 0 atom stereocenters. The zero-order chi connectivity index (χ0) is 72.1. The highest BCUT2D eigenvalue weighted by molar-refractivity contribution is 6.13. The first kappa shape index (κ1) is 62.1. The minimum Gasteiger partial charge on any atom is -0.309 e. The van der Waals surface area contributed by atoms with E-state index >= 15 is 0 Å². The number of para-hydroxylation sites is 3. The number of hydrogen-bond donors (Lipinski definition) is 0. The maximum atomic E-state index is 5.56. The minimum atomic E-state index is -0.0765. The van der Waals surface area contributed by atoms with Crippen LogP contribution in [0.1, 0.15) is 74.9 Å². The van der Waals surface area contributed by atoms with Gasteiger partial charge in [0.15, 0.2) is 17.5 Å². The molecule has 3 aliphatic rings. The van der Waals surface area contributed by atoms with Gasteiger partial charge in [0.05, 0.1) is 33.1 Å². The van der Waals surface area contributed by atoms with Gasteiger partial charge in [0.25, 0.3) is 0 Å². The highest BCUT2D eigenvalue weighted by atomic mass is 15.0. The fourth-order valence-electron chi connectivity index (χ4n) is 19.1. The van der Waals surface area contributed by atoms with E-state index in [2.05, 4.69) is 383 Å². The second kappa shape index (κ2) is 22.9. The van der Waals surface area contributed by atoms with Crippen LogP contribution in [-0.4, -0.2) is 28.7 Å². The van der Waals surface area contributed by atoms with Gasteiger partial charge in [-0.1, -0.05) is 266 Å². The molecule has 510 valence electrons. The number of rotatable bonds is 9. The summed E-state index contributed by atoms with van der Waals surface area (Å²) in [6, 6.07) is 121. The quantitative estimate of drug-likeness (QED) is 0.145. The molecule has 0 unspecified atom stereocenters. The first-order chi connectivity index (χ1) is 52.8. The molecule has 6 nitrogen and oxygen atoms in total. The molecule has 4 aromatic heterocycles. The highest BCUT2D eigenvalue weighted by Crippen LogP contribution is 2.54. The topological polar surface area (TPSA) is 53.5 Å². The molecule has 3 aliphatic carbocycles. The molecule has 0 saturated carbocycles. The normalized spacial score (nSPS) is 14.1. The van der Waals surface area contributed by atoms with Gasteiger partial charge < -0.3 is 13.7 Å². The van der Waals surface area contributed by atoms with Gasteiger partial charge in [-0.3, -0.25) is 0 Å². The first-order valence-corrected chi connectivity index (χ1v) is 37.7. The SMILES string of the molecule is CC1(C)c2ccccc2-c2cc(-c3ccc4c5ccccc5n(-c5ccc(-c6nc(-c7cccc(-n8c9ccccc9c9ccc(-c%10ccc%11c(c%10)-c%10ccccc%10C%11(C)C)cc98)c7)nc(-c7cccc(-n8c9ccccc9c9ccc(-c%10ccc%11c(c%10)-c%10ccccc%10C%11(C)C)cc98)c7)n6)cc5)c4c3)ccc21. The fraction of sp³-hybridized carbons (Fsp3) is 0.0882. The molecule has 19 aromatic rings. The van der Waals surface area contributed by atoms with E-state index in [0.29, 0.717) is 17.5 Å². The summed E-state index contributed by atoms with van der Waals surface area (Å²) in [6.45, 7) is 14.1. The third-order valence-electron chi connectivity index (χ3n) is 24.5. The molecule has 0 aliphatic heterocycles. The van der Waals surface area contributed by atoms with Crippen LogP contribution in [-0.2, 0) is 16.2 Å². The van der Waals surface area contributed by atoms with Crippen LogP contribution in [0.5, 0.6) is 0 Å². The molecule has 0 radical (unpaired) electrons. The molecular formula is C102H72N6. The number of benzene rings is 15. The third-order valence-corrected chi connectivity index (χ3v) is 24.5. The Hall–Kier alpha value is -13.3. The van der Waals surface area contributed by atoms with Crippen molar-refractivity contribution in [3.63, 3.8) is 0 Å². The Bertz CT molecular complexity index is 6800. The second-order valence-corrected chi connectivity index (χ2v) is 31.5. The fourth-order valence-corrected chi connectivity index (χ4v) is 19.1. The van der Waals surface area contributed by atoms with E-state index in [1.807, 2.05) is 0 Å². The van der Waals surface area contributed by atoms with Crippen molar-refractivity contribution in [1.29, 1.82) is 0 Å². The number of nitrogens with zero attached hydrogens (tertiary/aromatic N) is 6. The standard InChI is InChI=1S/C102H72N6/c1-100(2)85-31-13-7-25-73(85)82-55-62(42-50-88(82)100)65-39-47-79-76-28-10-16-34-91(76)106(94(79)58-65)70-45-37-61(38-46-70)97-103-98(68-21-19-23-71(53-68)107-92-35-17-11-29-77(92)80-48-40-66(59-95(80)107)63-43-51-89-83(56-63)74-26-8-14-32-86(74)101(89,3)4)105-99(104-97)69-22-20-24-72(54-69)108-93-36-18-12-30-78(93)81-49-41-67(60-96(81)108)64-44-52-90-84(57-64)75-27-9-15-33-87(75)102(90,5)6/h7-60H,1-6H3. The Labute approximate surface area is 626 Å². The van der Waals surface area contributed by atoms with Gasteiger partial charge in [0.2, 0.25) is 0 Å². The number of aromatic nitrogens is 6. The summed E-state index contributed by atoms with van der Waals surface area (Å²) in [6.07, 6.45) is 0. The van der Waals surface area contributed by atoms with Gasteiger partial charge in [0, 0.05) is 82.3 Å². The van der Waals surface area contributed by atoms with Crippen molar-refractivity contribution in [3.8, 4) is 118 Å². The number of hydrogen-bond acceptors (Lipinski definition) is 3. The Morgan fingerprint density at radius 2 is 0.463 bits per heavy atom. The summed E-state index contributed by atoms with van der Waals surface area (Å²) < 4.78 is 7.25. The smallest absolute Gasteiger partial charge is 0.164 e. The van der Waals surface area contributed by atoms with E-state index in [1.165, 1.54) is 121 Å². The molecule has 0 N–H and O–H groups in total. The molecule has 108 heavy (non-hydrogen) atoms. The monoisotopic (exact) mass is 1380 g/mol. The van der Waals surface area contributed by atoms with Crippen LogP contribution in [0.15, 0.2) is 328 Å². The summed E-state index contributed by atoms with van der Waals surface area (Å²) in [5, 5.41) is 7.17. The zero-order valence-corrected chi connectivity index (χ0v) is 60.9. The molecule has 0 saturated heterocycles. The molecule has 0 spiro atoms. The second-order valence-electron chi connectivity index (χ2n) is 31.5. The van der Waals surface area contributed by atoms with Crippen molar-refractivity contribution in [2.45, 2.75) is 57.8 Å². The summed E-state index contributed by atoms with van der Waals surface area (Å²) >= 11 is 0. The predicted molar refractivity (Wildman–Crippen MR) is 448 cm³/mol. The van der Waals surface area contributed by atoms with Gasteiger partial charge in [-0.05, 0) is 203 Å². The lowest BCUT2D eigenvalue weighted by atomic mass is 9.82. The van der Waals surface area contributed by atoms with Crippen molar-refractivity contribution in [3.05, 3.63) is 361 Å². The third kappa shape index (κ3) is 9.10. The number of fused-ring (bicyclic) bond motifs is 18. The van der Waals surface area contributed by atoms with Crippen molar-refractivity contribution in [2.24, 2.45) is 0 Å². The van der Waals surface area contributed by atoms with Crippen LogP contribution in [0.4, 0.5) is 0 Å². The lowest BCUT2D eigenvalue weighted by Gasteiger charge is -2.21. The molecule has 4 heterocycles. The van der Waals surface area contributed by atoms with E-state index in [9.17, 15) is 0 Å². The zero-order valence-electron chi connectivity index (χ0n) is 60.9. The van der Waals surface area contributed by atoms with Crippen LogP contribution >= 0.6 is 0 Å². The molecular weight excluding hydrogens is 1310 g/mol. The summed E-state index contributed by atoms with van der Waals surface area (Å²) in [7, 11) is 0. The van der Waals surface area contributed by atoms with E-state index in [4.69, 9.17) is 15.0 Å². The van der Waals surface area contributed by atoms with Crippen LogP contribution in [0, 0.1) is 0 Å². The molecule has 0 fully saturated rings. The molecule has 22 rings (SSSR count). The summed E-state index contributed by atoms with van der Waals surface area (Å²) in [4.78, 5) is 16.6. The van der Waals surface area contributed by atoms with Gasteiger partial charge in [-0.25, -0.2) is 15.0 Å². The average molecular weight is 1380 g/mol. The maximum Gasteiger partial charge on any atom is 0.164 e. The lowest BCUT2D eigenvalue weighted by molar-refractivity contribution is 0.660. The minimum absolute atomic E-state index is 0.0677. The lowest BCUT2D eigenvalue weighted by Crippen LogP contribution is -2.14. The van der Waals surface area contributed by atoms with Crippen LogP contribution < -0.4 is 0 Å². The van der Waals surface area contributed by atoms with Crippen molar-refractivity contribution < 1.29 is 0 Å². The Morgan fingerprint density at radius 3 is 0.833 bits per heavy atom. The molecule has 15 aromatic carbocycles. The van der Waals surface area contributed by atoms with Crippen molar-refractivity contribution in [1.82, 2.24) is 28.7 Å². The maximum absolute atomic E-state index is 5.56. The van der Waals surface area contributed by atoms with Gasteiger partial charge in [0.1, 0.15) is 0 Å². The Morgan fingerprint density at radius 1 is 0.185 bits per heavy atom. The Kier molecular flexibility index (Phi) is 13.1. The largest absolute Gasteiger partial charge is 0.309 e. The molecule has 0 amide bonds. The van der Waals surface area contributed by atoms with Gasteiger partial charge in [-0.15, -0.1) is 0 Å².